The lowest BCUT2D eigenvalue weighted by Crippen LogP contribution is -2.33. The molecule has 37 heavy (non-hydrogen) atoms. The summed E-state index contributed by atoms with van der Waals surface area (Å²) in [6.45, 7) is 3.11. The van der Waals surface area contributed by atoms with Crippen LogP contribution in [0.4, 0.5) is 33.6 Å². The predicted molar refractivity (Wildman–Crippen MR) is 118 cm³/mol. The molecule has 0 saturated carbocycles. The van der Waals surface area contributed by atoms with Crippen molar-refractivity contribution in [1.29, 1.82) is 0 Å². The van der Waals surface area contributed by atoms with Crippen LogP contribution in [0.25, 0.3) is 22.6 Å². The summed E-state index contributed by atoms with van der Waals surface area (Å²) in [5, 5.41) is 17.3. The van der Waals surface area contributed by atoms with Crippen molar-refractivity contribution in [3.8, 4) is 11.5 Å². The Morgan fingerprint density at radius 1 is 1.14 bits per heavy atom. The molecule has 1 aliphatic rings. The standard InChI is InChI=1S/C21H18F5N9O2/c1-7-32-33-20(37-7)21(2)9-15(27-3)29-17(30-16(9)31-19(21)36)12-8-5-4-6-28-18(8)35(34-12)14(26)11(23)10(22)13(24)25/h4-6,10-11,13-14H,1-3H3,(H2,27,29,30,31,36). The third-order valence-electron chi connectivity index (χ3n) is 6.01. The minimum Gasteiger partial charge on any atom is -0.424 e. The molecule has 5 rings (SSSR count). The Hall–Kier alpha value is -4.24. The normalized spacial score (nSPS) is 19.6. The van der Waals surface area contributed by atoms with E-state index in [4.69, 9.17) is 4.42 Å². The summed E-state index contributed by atoms with van der Waals surface area (Å²) in [5.41, 5.74) is -1.52. The quantitative estimate of drug-likeness (QED) is 0.350. The number of halogens is 5. The number of carbonyl (C=O) groups excluding carboxylic acids is 1. The maximum absolute atomic E-state index is 14.9. The lowest BCUT2D eigenvalue weighted by Gasteiger charge is -2.19. The van der Waals surface area contributed by atoms with Crippen molar-refractivity contribution in [1.82, 2.24) is 34.9 Å². The van der Waals surface area contributed by atoms with Crippen LogP contribution in [0, 0.1) is 6.92 Å². The van der Waals surface area contributed by atoms with Crippen LogP contribution in [0.1, 0.15) is 30.6 Å². The molecule has 2 N–H and O–H groups in total. The first-order valence-electron chi connectivity index (χ1n) is 10.8. The van der Waals surface area contributed by atoms with Crippen molar-refractivity contribution in [3.63, 3.8) is 0 Å². The van der Waals surface area contributed by atoms with Gasteiger partial charge in [0.05, 0.1) is 10.9 Å². The summed E-state index contributed by atoms with van der Waals surface area (Å²) >= 11 is 0. The average molecular weight is 523 g/mol. The van der Waals surface area contributed by atoms with Gasteiger partial charge in [-0.25, -0.2) is 41.6 Å². The number of nitrogens with zero attached hydrogens (tertiary/aromatic N) is 7. The third-order valence-corrected chi connectivity index (χ3v) is 6.01. The van der Waals surface area contributed by atoms with E-state index in [1.54, 1.807) is 13.8 Å². The predicted octanol–water partition coefficient (Wildman–Crippen LogP) is 3.29. The third kappa shape index (κ3) is 3.65. The highest BCUT2D eigenvalue weighted by molar-refractivity contribution is 6.08. The van der Waals surface area contributed by atoms with Gasteiger partial charge < -0.3 is 15.1 Å². The number of nitrogens with one attached hydrogen (secondary N) is 2. The number of rotatable bonds is 7. The van der Waals surface area contributed by atoms with Gasteiger partial charge in [-0.05, 0) is 19.1 Å². The number of aryl methyl sites for hydroxylation is 1. The SMILES string of the molecule is CNc1nc(-c2nn(C(F)C(F)C(F)C(F)F)c3ncccc23)nc2c1C(C)(c1nnc(C)o1)C(=O)N2. The molecule has 4 aromatic rings. The first-order chi connectivity index (χ1) is 17.6. The van der Waals surface area contributed by atoms with Crippen molar-refractivity contribution >= 4 is 28.6 Å². The van der Waals surface area contributed by atoms with Crippen LogP contribution in [-0.2, 0) is 10.2 Å². The fourth-order valence-corrected chi connectivity index (χ4v) is 4.10. The number of amides is 1. The molecule has 1 aliphatic heterocycles. The Bertz CT molecular complexity index is 1510. The summed E-state index contributed by atoms with van der Waals surface area (Å²) in [6, 6.07) is 2.92. The maximum atomic E-state index is 14.9. The van der Waals surface area contributed by atoms with E-state index in [2.05, 4.69) is 40.9 Å². The molecule has 4 aromatic heterocycles. The molecule has 0 radical (unpaired) electrons. The Balaban J connectivity index is 1.66. The van der Waals surface area contributed by atoms with Gasteiger partial charge in [0.15, 0.2) is 29.2 Å². The summed E-state index contributed by atoms with van der Waals surface area (Å²) in [5.74, 6) is -0.214. The Labute approximate surface area is 204 Å². The van der Waals surface area contributed by atoms with E-state index < -0.39 is 36.4 Å². The number of hydrogen-bond donors (Lipinski definition) is 2. The van der Waals surface area contributed by atoms with Crippen molar-refractivity contribution in [2.75, 3.05) is 17.7 Å². The molecular formula is C21H18F5N9O2. The van der Waals surface area contributed by atoms with Crippen LogP contribution in [0.3, 0.4) is 0 Å². The van der Waals surface area contributed by atoms with Gasteiger partial charge in [-0.1, -0.05) is 0 Å². The average Bonchev–Trinajstić information content (AvgIpc) is 3.56. The van der Waals surface area contributed by atoms with Crippen LogP contribution in [0.5, 0.6) is 0 Å². The fourth-order valence-electron chi connectivity index (χ4n) is 4.10. The Morgan fingerprint density at radius 2 is 1.89 bits per heavy atom. The monoisotopic (exact) mass is 523 g/mol. The van der Waals surface area contributed by atoms with Crippen molar-refractivity contribution in [2.45, 2.75) is 44.3 Å². The number of carbonyl (C=O) groups is 1. The molecule has 0 aromatic carbocycles. The first-order valence-corrected chi connectivity index (χ1v) is 10.8. The summed E-state index contributed by atoms with van der Waals surface area (Å²) in [6.07, 6.45) is -12.0. The second kappa shape index (κ2) is 8.70. The van der Waals surface area contributed by atoms with E-state index in [-0.39, 0.29) is 46.0 Å². The number of aromatic nitrogens is 7. The van der Waals surface area contributed by atoms with Crippen molar-refractivity contribution in [2.24, 2.45) is 0 Å². The zero-order valence-electron chi connectivity index (χ0n) is 19.4. The van der Waals surface area contributed by atoms with Crippen LogP contribution >= 0.6 is 0 Å². The Morgan fingerprint density at radius 3 is 2.54 bits per heavy atom. The van der Waals surface area contributed by atoms with Crippen molar-refractivity contribution < 1.29 is 31.2 Å². The van der Waals surface area contributed by atoms with E-state index in [0.29, 0.717) is 10.2 Å². The van der Waals surface area contributed by atoms with Gasteiger partial charge in [0, 0.05) is 20.2 Å². The lowest BCUT2D eigenvalue weighted by atomic mass is 9.84. The minimum absolute atomic E-state index is 0.00194. The second-order valence-electron chi connectivity index (χ2n) is 8.34. The molecule has 194 valence electrons. The van der Waals surface area contributed by atoms with Gasteiger partial charge in [-0.15, -0.1) is 10.2 Å². The summed E-state index contributed by atoms with van der Waals surface area (Å²) < 4.78 is 73.9. The molecular weight excluding hydrogens is 505 g/mol. The first kappa shape index (κ1) is 24.5. The highest BCUT2D eigenvalue weighted by Crippen LogP contribution is 2.45. The molecule has 0 saturated heterocycles. The molecule has 1 amide bonds. The highest BCUT2D eigenvalue weighted by atomic mass is 19.3. The van der Waals surface area contributed by atoms with Crippen LogP contribution < -0.4 is 10.6 Å². The summed E-state index contributed by atoms with van der Waals surface area (Å²) in [4.78, 5) is 25.7. The maximum Gasteiger partial charge on any atom is 0.272 e. The Kier molecular flexibility index (Phi) is 5.75. The number of anilines is 2. The number of pyridine rings is 1. The molecule has 0 bridgehead atoms. The molecule has 4 unspecified atom stereocenters. The smallest absolute Gasteiger partial charge is 0.272 e. The molecule has 16 heteroatoms. The molecule has 0 fully saturated rings. The molecule has 4 atom stereocenters. The number of fused-ring (bicyclic) bond motifs is 2. The van der Waals surface area contributed by atoms with Gasteiger partial charge in [0.2, 0.25) is 24.0 Å². The van der Waals surface area contributed by atoms with Gasteiger partial charge in [-0.3, -0.25) is 4.79 Å². The van der Waals surface area contributed by atoms with E-state index in [0.717, 1.165) is 0 Å². The molecule has 5 heterocycles. The van der Waals surface area contributed by atoms with E-state index in [9.17, 15) is 26.7 Å². The van der Waals surface area contributed by atoms with Crippen LogP contribution in [0.2, 0.25) is 0 Å². The van der Waals surface area contributed by atoms with E-state index in [1.165, 1.54) is 25.4 Å². The highest BCUT2D eigenvalue weighted by Gasteiger charge is 2.52. The zero-order valence-corrected chi connectivity index (χ0v) is 19.4. The number of alkyl halides is 5. The molecule has 0 spiro atoms. The molecule has 0 aliphatic carbocycles. The van der Waals surface area contributed by atoms with E-state index >= 15 is 0 Å². The summed E-state index contributed by atoms with van der Waals surface area (Å²) in [7, 11) is 1.53. The topological polar surface area (TPSA) is 137 Å². The minimum atomic E-state index is -3.73. The zero-order chi connectivity index (χ0) is 26.6. The van der Waals surface area contributed by atoms with Crippen LogP contribution in [-0.4, -0.2) is 66.7 Å². The second-order valence-corrected chi connectivity index (χ2v) is 8.34. The molecule has 11 nitrogen and oxygen atoms in total. The number of hydrogen-bond acceptors (Lipinski definition) is 9. The lowest BCUT2D eigenvalue weighted by molar-refractivity contribution is -0.119. The van der Waals surface area contributed by atoms with Gasteiger partial charge in [0.1, 0.15) is 17.3 Å². The van der Waals surface area contributed by atoms with E-state index in [1.807, 2.05) is 0 Å². The van der Waals surface area contributed by atoms with Gasteiger partial charge >= 0.3 is 0 Å². The van der Waals surface area contributed by atoms with Crippen molar-refractivity contribution in [3.05, 3.63) is 35.7 Å². The fraction of sp³-hybridized carbons (Fsp3) is 0.381. The van der Waals surface area contributed by atoms with Gasteiger partial charge in [-0.2, -0.15) is 5.10 Å². The van der Waals surface area contributed by atoms with Gasteiger partial charge in [0.25, 0.3) is 6.43 Å². The van der Waals surface area contributed by atoms with Crippen LogP contribution in [0.15, 0.2) is 22.7 Å². The largest absolute Gasteiger partial charge is 0.424 e.